The van der Waals surface area contributed by atoms with Gasteiger partial charge in [0.15, 0.2) is 0 Å². The molecule has 0 saturated carbocycles. The second-order valence-corrected chi connectivity index (χ2v) is 6.39. The van der Waals surface area contributed by atoms with Crippen LogP contribution in [0.1, 0.15) is 30.4 Å². The van der Waals surface area contributed by atoms with Crippen LogP contribution in [0.3, 0.4) is 0 Å². The molecule has 22 heavy (non-hydrogen) atoms. The van der Waals surface area contributed by atoms with Crippen molar-refractivity contribution in [2.24, 2.45) is 0 Å². The van der Waals surface area contributed by atoms with E-state index in [1.807, 2.05) is 7.05 Å². The number of carbonyl (C=O) groups excluding carboxylic acids is 1. The molecule has 1 heterocycles. The van der Waals surface area contributed by atoms with E-state index in [9.17, 15) is 14.3 Å². The lowest BCUT2D eigenvalue weighted by Crippen LogP contribution is -2.44. The van der Waals surface area contributed by atoms with Gasteiger partial charge in [-0.25, -0.2) is 4.39 Å². The van der Waals surface area contributed by atoms with Crippen LogP contribution in [-0.4, -0.2) is 48.2 Å². The van der Waals surface area contributed by atoms with Gasteiger partial charge in [0.1, 0.15) is 5.82 Å². The van der Waals surface area contributed by atoms with Gasteiger partial charge in [0.2, 0.25) is 5.91 Å². The normalized spacial score (nSPS) is 18.2. The third-order valence-electron chi connectivity index (χ3n) is 4.42. The molecule has 0 spiro atoms. The SMILES string of the molecule is Cc1cc(CC(=O)NCCC2(O)CCN(C)CC2)ccc1F. The first-order chi connectivity index (χ1) is 10.4. The molecule has 4 nitrogen and oxygen atoms in total. The lowest BCUT2D eigenvalue weighted by atomic mass is 9.88. The summed E-state index contributed by atoms with van der Waals surface area (Å²) in [6, 6.07) is 4.71. The van der Waals surface area contributed by atoms with Crippen molar-refractivity contribution in [3.05, 3.63) is 35.1 Å². The highest BCUT2D eigenvalue weighted by atomic mass is 19.1. The lowest BCUT2D eigenvalue weighted by Gasteiger charge is -2.36. The van der Waals surface area contributed by atoms with Gasteiger partial charge >= 0.3 is 0 Å². The van der Waals surface area contributed by atoms with Crippen LogP contribution in [-0.2, 0) is 11.2 Å². The molecule has 1 aliphatic heterocycles. The van der Waals surface area contributed by atoms with E-state index in [0.29, 0.717) is 18.5 Å². The van der Waals surface area contributed by atoms with Crippen molar-refractivity contribution in [1.29, 1.82) is 0 Å². The van der Waals surface area contributed by atoms with Crippen LogP contribution in [0.25, 0.3) is 0 Å². The molecular weight excluding hydrogens is 283 g/mol. The van der Waals surface area contributed by atoms with Gasteiger partial charge in [-0.3, -0.25) is 4.79 Å². The molecule has 1 aromatic carbocycles. The number of piperidine rings is 1. The predicted octanol–water partition coefficient (Wildman–Crippen LogP) is 1.64. The van der Waals surface area contributed by atoms with E-state index in [-0.39, 0.29) is 18.1 Å². The molecule has 2 rings (SSSR count). The van der Waals surface area contributed by atoms with E-state index in [4.69, 9.17) is 0 Å². The van der Waals surface area contributed by atoms with Crippen molar-refractivity contribution in [2.45, 2.75) is 38.2 Å². The van der Waals surface area contributed by atoms with E-state index in [1.54, 1.807) is 19.1 Å². The number of hydrogen-bond donors (Lipinski definition) is 2. The number of likely N-dealkylation sites (tertiary alicyclic amines) is 1. The van der Waals surface area contributed by atoms with Crippen LogP contribution in [0.5, 0.6) is 0 Å². The molecule has 0 unspecified atom stereocenters. The highest BCUT2D eigenvalue weighted by molar-refractivity contribution is 5.78. The minimum Gasteiger partial charge on any atom is -0.390 e. The summed E-state index contributed by atoms with van der Waals surface area (Å²) < 4.78 is 13.2. The highest BCUT2D eigenvalue weighted by Gasteiger charge is 2.30. The van der Waals surface area contributed by atoms with Crippen LogP contribution < -0.4 is 5.32 Å². The molecule has 1 fully saturated rings. The van der Waals surface area contributed by atoms with Crippen molar-refractivity contribution >= 4 is 5.91 Å². The first kappa shape index (κ1) is 16.9. The van der Waals surface area contributed by atoms with E-state index < -0.39 is 5.60 Å². The van der Waals surface area contributed by atoms with Crippen molar-refractivity contribution in [3.63, 3.8) is 0 Å². The minimum absolute atomic E-state index is 0.0949. The summed E-state index contributed by atoms with van der Waals surface area (Å²) in [4.78, 5) is 14.1. The van der Waals surface area contributed by atoms with Gasteiger partial charge in [0.25, 0.3) is 0 Å². The number of carbonyl (C=O) groups is 1. The van der Waals surface area contributed by atoms with Crippen molar-refractivity contribution in [2.75, 3.05) is 26.7 Å². The summed E-state index contributed by atoms with van der Waals surface area (Å²) in [6.45, 7) is 3.93. The summed E-state index contributed by atoms with van der Waals surface area (Å²) in [5.74, 6) is -0.351. The average Bonchev–Trinajstić information content (AvgIpc) is 2.46. The summed E-state index contributed by atoms with van der Waals surface area (Å²) in [7, 11) is 2.05. The van der Waals surface area contributed by atoms with Crippen LogP contribution in [0.2, 0.25) is 0 Å². The summed E-state index contributed by atoms with van der Waals surface area (Å²) in [6.07, 6.45) is 2.31. The molecule has 0 aliphatic carbocycles. The molecule has 0 aromatic heterocycles. The third kappa shape index (κ3) is 4.78. The van der Waals surface area contributed by atoms with Crippen LogP contribution in [0.4, 0.5) is 4.39 Å². The number of rotatable bonds is 5. The maximum absolute atomic E-state index is 13.2. The average molecular weight is 308 g/mol. The van der Waals surface area contributed by atoms with Gasteiger partial charge in [-0.05, 0) is 50.4 Å². The van der Waals surface area contributed by atoms with Crippen LogP contribution in [0, 0.1) is 12.7 Å². The number of amides is 1. The molecule has 1 aliphatic rings. The molecule has 5 heteroatoms. The zero-order chi connectivity index (χ0) is 16.2. The molecule has 122 valence electrons. The zero-order valence-corrected chi connectivity index (χ0v) is 13.4. The second-order valence-electron chi connectivity index (χ2n) is 6.39. The molecule has 1 saturated heterocycles. The summed E-state index contributed by atoms with van der Waals surface area (Å²) in [5.41, 5.74) is 0.687. The summed E-state index contributed by atoms with van der Waals surface area (Å²) in [5, 5.41) is 13.3. The number of nitrogens with zero attached hydrogens (tertiary/aromatic N) is 1. The van der Waals surface area contributed by atoms with Gasteiger partial charge in [0, 0.05) is 19.6 Å². The fraction of sp³-hybridized carbons (Fsp3) is 0.588. The van der Waals surface area contributed by atoms with Crippen molar-refractivity contribution < 1.29 is 14.3 Å². The number of benzene rings is 1. The fourth-order valence-electron chi connectivity index (χ4n) is 2.78. The van der Waals surface area contributed by atoms with E-state index in [0.717, 1.165) is 31.5 Å². The summed E-state index contributed by atoms with van der Waals surface area (Å²) >= 11 is 0. The van der Waals surface area contributed by atoms with E-state index >= 15 is 0 Å². The molecule has 0 bridgehead atoms. The smallest absolute Gasteiger partial charge is 0.224 e. The molecule has 1 amide bonds. The number of halogens is 1. The predicted molar refractivity (Wildman–Crippen MR) is 84.1 cm³/mol. The Bertz CT molecular complexity index is 525. The Morgan fingerprint density at radius 3 is 2.73 bits per heavy atom. The number of aryl methyl sites for hydroxylation is 1. The number of hydrogen-bond acceptors (Lipinski definition) is 3. The maximum atomic E-state index is 13.2. The Morgan fingerprint density at radius 2 is 2.09 bits per heavy atom. The Kier molecular flexibility index (Phi) is 5.53. The maximum Gasteiger partial charge on any atom is 0.224 e. The first-order valence-electron chi connectivity index (χ1n) is 7.81. The van der Waals surface area contributed by atoms with Crippen molar-refractivity contribution in [1.82, 2.24) is 10.2 Å². The minimum atomic E-state index is -0.660. The topological polar surface area (TPSA) is 52.6 Å². The Balaban J connectivity index is 1.74. The number of aliphatic hydroxyl groups is 1. The van der Waals surface area contributed by atoms with Gasteiger partial charge in [-0.1, -0.05) is 12.1 Å². The van der Waals surface area contributed by atoms with E-state index in [2.05, 4.69) is 10.2 Å². The highest BCUT2D eigenvalue weighted by Crippen LogP contribution is 2.24. The first-order valence-corrected chi connectivity index (χ1v) is 7.81. The molecule has 2 N–H and O–H groups in total. The quantitative estimate of drug-likeness (QED) is 0.869. The fourth-order valence-corrected chi connectivity index (χ4v) is 2.78. The van der Waals surface area contributed by atoms with Crippen molar-refractivity contribution in [3.8, 4) is 0 Å². The monoisotopic (exact) mass is 308 g/mol. The second kappa shape index (κ2) is 7.20. The molecule has 0 atom stereocenters. The van der Waals surface area contributed by atoms with Gasteiger partial charge < -0.3 is 15.3 Å². The van der Waals surface area contributed by atoms with Gasteiger partial charge in [0.05, 0.1) is 12.0 Å². The van der Waals surface area contributed by atoms with Gasteiger partial charge in [-0.15, -0.1) is 0 Å². The zero-order valence-electron chi connectivity index (χ0n) is 13.4. The Labute approximate surface area is 131 Å². The largest absolute Gasteiger partial charge is 0.390 e. The van der Waals surface area contributed by atoms with E-state index in [1.165, 1.54) is 6.07 Å². The molecule has 0 radical (unpaired) electrons. The van der Waals surface area contributed by atoms with Crippen LogP contribution >= 0.6 is 0 Å². The molecular formula is C17H25FN2O2. The molecule has 1 aromatic rings. The number of nitrogens with one attached hydrogen (secondary N) is 1. The Morgan fingerprint density at radius 1 is 1.41 bits per heavy atom. The Hall–Kier alpha value is -1.46. The standard InChI is InChI=1S/C17H25FN2O2/c1-13-11-14(3-4-15(13)18)12-16(21)19-8-5-17(22)6-9-20(2)10-7-17/h3-4,11,22H,5-10,12H2,1-2H3,(H,19,21). The van der Waals surface area contributed by atoms with Gasteiger partial charge in [-0.2, -0.15) is 0 Å². The van der Waals surface area contributed by atoms with Crippen LogP contribution in [0.15, 0.2) is 18.2 Å². The third-order valence-corrected chi connectivity index (χ3v) is 4.42. The lowest BCUT2D eigenvalue weighted by molar-refractivity contribution is -0.120.